The second-order valence-electron chi connectivity index (χ2n) is 4.78. The minimum Gasteiger partial charge on any atom is -0.313 e. The Kier molecular flexibility index (Phi) is 6.30. The van der Waals surface area contributed by atoms with Crippen molar-refractivity contribution in [1.82, 2.24) is 5.32 Å². The van der Waals surface area contributed by atoms with E-state index in [1.54, 1.807) is 6.92 Å². The summed E-state index contributed by atoms with van der Waals surface area (Å²) in [6.07, 6.45) is 1.45. The molecule has 0 aliphatic heterocycles. The van der Waals surface area contributed by atoms with Crippen LogP contribution >= 0.6 is 11.6 Å². The van der Waals surface area contributed by atoms with Crippen molar-refractivity contribution in [3.05, 3.63) is 34.3 Å². The van der Waals surface area contributed by atoms with Crippen molar-refractivity contribution in [1.29, 1.82) is 0 Å². The SMILES string of the molecule is CCS(=O)(=O)CCCC(NC)c1cc(C)cc(Cl)c1. The Hall–Kier alpha value is -0.580. The van der Waals surface area contributed by atoms with E-state index in [2.05, 4.69) is 11.4 Å². The molecule has 19 heavy (non-hydrogen) atoms. The van der Waals surface area contributed by atoms with E-state index >= 15 is 0 Å². The zero-order valence-electron chi connectivity index (χ0n) is 11.7. The van der Waals surface area contributed by atoms with Crippen LogP contribution < -0.4 is 5.32 Å². The van der Waals surface area contributed by atoms with Crippen molar-refractivity contribution < 1.29 is 8.42 Å². The molecule has 0 radical (unpaired) electrons. The van der Waals surface area contributed by atoms with Crippen LogP contribution in [0, 0.1) is 6.92 Å². The highest BCUT2D eigenvalue weighted by molar-refractivity contribution is 7.91. The molecule has 1 atom stereocenters. The van der Waals surface area contributed by atoms with Gasteiger partial charge in [-0.1, -0.05) is 24.6 Å². The van der Waals surface area contributed by atoms with Crippen LogP contribution in [0.5, 0.6) is 0 Å². The first-order valence-corrected chi connectivity index (χ1v) is 8.72. The lowest BCUT2D eigenvalue weighted by Gasteiger charge is -2.17. The lowest BCUT2D eigenvalue weighted by molar-refractivity contribution is 0.535. The van der Waals surface area contributed by atoms with Crippen LogP contribution in [0.1, 0.15) is 36.9 Å². The van der Waals surface area contributed by atoms with Gasteiger partial charge in [-0.05, 0) is 50.1 Å². The Bertz CT molecular complexity index is 494. The summed E-state index contributed by atoms with van der Waals surface area (Å²) in [5, 5.41) is 3.94. The van der Waals surface area contributed by atoms with Gasteiger partial charge in [0.15, 0.2) is 0 Å². The zero-order chi connectivity index (χ0) is 14.5. The Morgan fingerprint density at radius 1 is 1.32 bits per heavy atom. The average molecular weight is 304 g/mol. The molecular weight excluding hydrogens is 282 g/mol. The van der Waals surface area contributed by atoms with E-state index in [4.69, 9.17) is 11.6 Å². The molecule has 1 aromatic rings. The molecule has 1 aromatic carbocycles. The Morgan fingerprint density at radius 3 is 2.53 bits per heavy atom. The standard InChI is InChI=1S/C14H22ClNO2S/c1-4-19(17,18)7-5-6-14(16-3)12-8-11(2)9-13(15)10-12/h8-10,14,16H,4-7H2,1-3H3. The second-order valence-corrected chi connectivity index (χ2v) is 7.69. The van der Waals surface area contributed by atoms with Gasteiger partial charge in [0.25, 0.3) is 0 Å². The summed E-state index contributed by atoms with van der Waals surface area (Å²) < 4.78 is 22.9. The highest BCUT2D eigenvalue weighted by Crippen LogP contribution is 2.23. The first kappa shape index (κ1) is 16.5. The third-order valence-corrected chi connectivity index (χ3v) is 5.21. The van der Waals surface area contributed by atoms with E-state index in [0.717, 1.165) is 22.6 Å². The van der Waals surface area contributed by atoms with Gasteiger partial charge in [0.1, 0.15) is 9.84 Å². The van der Waals surface area contributed by atoms with E-state index in [0.29, 0.717) is 6.42 Å². The lowest BCUT2D eigenvalue weighted by atomic mass is 10.0. The number of hydrogen-bond acceptors (Lipinski definition) is 3. The first-order chi connectivity index (χ1) is 8.88. The molecule has 0 saturated carbocycles. The highest BCUT2D eigenvalue weighted by Gasteiger charge is 2.13. The van der Waals surface area contributed by atoms with Crippen molar-refractivity contribution >= 4 is 21.4 Å². The van der Waals surface area contributed by atoms with Crippen LogP contribution in [0.3, 0.4) is 0 Å². The highest BCUT2D eigenvalue weighted by atomic mass is 35.5. The first-order valence-electron chi connectivity index (χ1n) is 6.52. The molecule has 108 valence electrons. The molecule has 0 fully saturated rings. The van der Waals surface area contributed by atoms with Gasteiger partial charge < -0.3 is 5.32 Å². The number of rotatable bonds is 7. The maximum Gasteiger partial charge on any atom is 0.150 e. The molecule has 0 heterocycles. The van der Waals surface area contributed by atoms with Crippen LogP contribution in [0.25, 0.3) is 0 Å². The zero-order valence-corrected chi connectivity index (χ0v) is 13.3. The van der Waals surface area contributed by atoms with Crippen LogP contribution in [-0.2, 0) is 9.84 Å². The monoisotopic (exact) mass is 303 g/mol. The summed E-state index contributed by atoms with van der Waals surface area (Å²) in [4.78, 5) is 0. The van der Waals surface area contributed by atoms with Gasteiger partial charge in [-0.25, -0.2) is 8.42 Å². The third kappa shape index (κ3) is 5.51. The summed E-state index contributed by atoms with van der Waals surface area (Å²) in [6.45, 7) is 3.69. The van der Waals surface area contributed by atoms with Crippen molar-refractivity contribution in [2.75, 3.05) is 18.6 Å². The largest absolute Gasteiger partial charge is 0.313 e. The van der Waals surface area contributed by atoms with Crippen LogP contribution in [0.4, 0.5) is 0 Å². The number of hydrogen-bond donors (Lipinski definition) is 1. The number of nitrogens with one attached hydrogen (secondary N) is 1. The van der Waals surface area contributed by atoms with Crippen LogP contribution in [0.2, 0.25) is 5.02 Å². The summed E-state index contributed by atoms with van der Waals surface area (Å²) in [6, 6.07) is 6.08. The van der Waals surface area contributed by atoms with Gasteiger partial charge in [-0.15, -0.1) is 0 Å². The molecule has 0 aliphatic rings. The maximum atomic E-state index is 11.5. The van der Waals surface area contributed by atoms with Crippen LogP contribution in [0.15, 0.2) is 18.2 Å². The van der Waals surface area contributed by atoms with Gasteiger partial charge in [0, 0.05) is 16.8 Å². The minimum absolute atomic E-state index is 0.143. The number of benzene rings is 1. The summed E-state index contributed by atoms with van der Waals surface area (Å²) in [5.74, 6) is 0.467. The summed E-state index contributed by atoms with van der Waals surface area (Å²) in [7, 11) is -0.992. The lowest BCUT2D eigenvalue weighted by Crippen LogP contribution is -2.18. The third-order valence-electron chi connectivity index (χ3n) is 3.20. The molecule has 5 heteroatoms. The van der Waals surface area contributed by atoms with Gasteiger partial charge in [-0.3, -0.25) is 0 Å². The Balaban J connectivity index is 2.68. The summed E-state index contributed by atoms with van der Waals surface area (Å²) in [5.41, 5.74) is 2.23. The molecule has 0 saturated heterocycles. The quantitative estimate of drug-likeness (QED) is 0.842. The van der Waals surface area contributed by atoms with Crippen LogP contribution in [-0.4, -0.2) is 27.0 Å². The molecule has 0 amide bonds. The second kappa shape index (κ2) is 7.27. The van der Waals surface area contributed by atoms with Gasteiger partial charge >= 0.3 is 0 Å². The predicted molar refractivity (Wildman–Crippen MR) is 81.6 cm³/mol. The molecule has 3 nitrogen and oxygen atoms in total. The molecule has 0 bridgehead atoms. The van der Waals surface area contributed by atoms with E-state index < -0.39 is 9.84 Å². The molecule has 1 unspecified atom stereocenters. The fourth-order valence-corrected chi connectivity index (χ4v) is 3.29. The maximum absolute atomic E-state index is 11.5. The van der Waals surface area contributed by atoms with Crippen molar-refractivity contribution in [2.45, 2.75) is 32.7 Å². The number of aryl methyl sites for hydroxylation is 1. The molecular formula is C14H22ClNO2S. The van der Waals surface area contributed by atoms with Crippen molar-refractivity contribution in [3.63, 3.8) is 0 Å². The minimum atomic E-state index is -2.88. The van der Waals surface area contributed by atoms with Gasteiger partial charge in [0.2, 0.25) is 0 Å². The van der Waals surface area contributed by atoms with E-state index in [9.17, 15) is 8.42 Å². The smallest absolute Gasteiger partial charge is 0.150 e. The summed E-state index contributed by atoms with van der Waals surface area (Å²) >= 11 is 6.06. The fraction of sp³-hybridized carbons (Fsp3) is 0.571. The van der Waals surface area contributed by atoms with E-state index in [1.165, 1.54) is 0 Å². The normalized spacial score (nSPS) is 13.5. The number of sulfone groups is 1. The fourth-order valence-electron chi connectivity index (χ4n) is 2.10. The van der Waals surface area contributed by atoms with E-state index in [-0.39, 0.29) is 17.5 Å². The molecule has 0 aliphatic carbocycles. The topological polar surface area (TPSA) is 46.2 Å². The van der Waals surface area contributed by atoms with Gasteiger partial charge in [0.05, 0.1) is 5.75 Å². The molecule has 0 spiro atoms. The van der Waals surface area contributed by atoms with E-state index in [1.807, 2.05) is 26.1 Å². The predicted octanol–water partition coefficient (Wildman–Crippen LogP) is 3.12. The van der Waals surface area contributed by atoms with Crippen molar-refractivity contribution in [2.24, 2.45) is 0 Å². The molecule has 1 rings (SSSR count). The Labute approximate surface area is 121 Å². The number of halogens is 1. The van der Waals surface area contributed by atoms with Gasteiger partial charge in [-0.2, -0.15) is 0 Å². The van der Waals surface area contributed by atoms with Crippen molar-refractivity contribution in [3.8, 4) is 0 Å². The average Bonchev–Trinajstić information content (AvgIpc) is 2.33. The molecule has 1 N–H and O–H groups in total. The Morgan fingerprint density at radius 2 is 2.00 bits per heavy atom. The molecule has 0 aromatic heterocycles.